The number of hydrogen-bond donors (Lipinski definition) is 0. The van der Waals surface area contributed by atoms with Gasteiger partial charge in [0, 0.05) is 19.2 Å². The molecule has 4 nitrogen and oxygen atoms in total. The van der Waals surface area contributed by atoms with Crippen LogP contribution in [0.25, 0.3) is 0 Å². The summed E-state index contributed by atoms with van der Waals surface area (Å²) in [5.74, 6) is 0. The molecule has 100 valence electrons. The van der Waals surface area contributed by atoms with Gasteiger partial charge in [0.15, 0.2) is 0 Å². The number of hydrogen-bond acceptors (Lipinski definition) is 4. The lowest BCUT2D eigenvalue weighted by Gasteiger charge is -2.48. The molecule has 3 rings (SSSR count). The molecular formula is C13H13ClFN3O. The number of nitrogens with zero attached hydrogens (tertiary/aromatic N) is 3. The molecule has 2 aliphatic heterocycles. The molecule has 2 unspecified atom stereocenters. The van der Waals surface area contributed by atoms with Gasteiger partial charge in [-0.3, -0.25) is 4.98 Å². The van der Waals surface area contributed by atoms with Crippen LogP contribution >= 0.6 is 11.6 Å². The molecule has 19 heavy (non-hydrogen) atoms. The largest absolute Gasteiger partial charge is 0.377 e. The number of alkyl halides is 1. The Morgan fingerprint density at radius 2 is 2.53 bits per heavy atom. The van der Waals surface area contributed by atoms with Gasteiger partial charge >= 0.3 is 0 Å². The zero-order valence-electron chi connectivity index (χ0n) is 10.3. The number of halogens is 2. The first-order valence-corrected chi connectivity index (χ1v) is 6.54. The van der Waals surface area contributed by atoms with Crippen LogP contribution in [0.3, 0.4) is 0 Å². The zero-order valence-corrected chi connectivity index (χ0v) is 11.0. The normalized spacial score (nSPS) is 29.3. The van der Waals surface area contributed by atoms with Crippen LogP contribution < -0.4 is 4.90 Å². The Balaban J connectivity index is 2.12. The van der Waals surface area contributed by atoms with Crippen LogP contribution in [0.5, 0.6) is 0 Å². The van der Waals surface area contributed by atoms with Crippen LogP contribution in [0, 0.1) is 16.7 Å². The number of rotatable bonds is 1. The van der Waals surface area contributed by atoms with Crippen molar-refractivity contribution in [1.29, 1.82) is 5.26 Å². The van der Waals surface area contributed by atoms with E-state index in [1.54, 1.807) is 6.20 Å². The summed E-state index contributed by atoms with van der Waals surface area (Å²) >= 11 is 5.99. The summed E-state index contributed by atoms with van der Waals surface area (Å²) < 4.78 is 19.0. The Bertz CT molecular complexity index is 547. The van der Waals surface area contributed by atoms with Crippen molar-refractivity contribution in [2.45, 2.75) is 12.5 Å². The standard InChI is InChI=1S/C13H13ClFN3O/c14-9-3-11-10(17-5-9)4-13(7-15,8-16)12-6-19-2-1-18(11)12/h3,5,12H,1-2,4,6-7H2. The maximum atomic E-state index is 13.5. The number of fused-ring (bicyclic) bond motifs is 3. The van der Waals surface area contributed by atoms with E-state index in [-0.39, 0.29) is 6.04 Å². The average Bonchev–Trinajstić information content (AvgIpc) is 2.47. The molecular weight excluding hydrogens is 269 g/mol. The molecule has 0 saturated carbocycles. The lowest BCUT2D eigenvalue weighted by atomic mass is 9.74. The fourth-order valence-corrected chi connectivity index (χ4v) is 3.04. The predicted molar refractivity (Wildman–Crippen MR) is 68.9 cm³/mol. The van der Waals surface area contributed by atoms with E-state index >= 15 is 0 Å². The van der Waals surface area contributed by atoms with Crippen LogP contribution in [0.4, 0.5) is 10.1 Å². The average molecular weight is 282 g/mol. The van der Waals surface area contributed by atoms with Crippen molar-refractivity contribution in [3.63, 3.8) is 0 Å². The number of aromatic nitrogens is 1. The lowest BCUT2D eigenvalue weighted by molar-refractivity contribution is 0.0458. The molecule has 1 aromatic rings. The van der Waals surface area contributed by atoms with E-state index in [2.05, 4.69) is 11.1 Å². The van der Waals surface area contributed by atoms with E-state index in [4.69, 9.17) is 16.3 Å². The van der Waals surface area contributed by atoms with E-state index in [1.165, 1.54) is 0 Å². The van der Waals surface area contributed by atoms with Crippen LogP contribution in [0.2, 0.25) is 5.02 Å². The molecule has 0 aliphatic carbocycles. The molecule has 3 heterocycles. The smallest absolute Gasteiger partial charge is 0.114 e. The van der Waals surface area contributed by atoms with Crippen molar-refractivity contribution in [3.05, 3.63) is 23.0 Å². The van der Waals surface area contributed by atoms with Gasteiger partial charge in [-0.2, -0.15) is 5.26 Å². The number of anilines is 1. The van der Waals surface area contributed by atoms with Crippen molar-refractivity contribution in [3.8, 4) is 6.07 Å². The van der Waals surface area contributed by atoms with Gasteiger partial charge in [0.25, 0.3) is 0 Å². The molecule has 0 N–H and O–H groups in total. The maximum Gasteiger partial charge on any atom is 0.114 e. The van der Waals surface area contributed by atoms with E-state index in [9.17, 15) is 9.65 Å². The summed E-state index contributed by atoms with van der Waals surface area (Å²) in [7, 11) is 0. The van der Waals surface area contributed by atoms with E-state index in [0.717, 1.165) is 11.4 Å². The molecule has 0 aromatic carbocycles. The maximum absolute atomic E-state index is 13.5. The molecule has 1 saturated heterocycles. The van der Waals surface area contributed by atoms with Gasteiger partial charge in [-0.25, -0.2) is 4.39 Å². The van der Waals surface area contributed by atoms with Crippen molar-refractivity contribution >= 4 is 17.3 Å². The fourth-order valence-electron chi connectivity index (χ4n) is 2.89. The first-order valence-electron chi connectivity index (χ1n) is 6.16. The van der Waals surface area contributed by atoms with Gasteiger partial charge < -0.3 is 9.64 Å². The van der Waals surface area contributed by atoms with Crippen molar-refractivity contribution in [1.82, 2.24) is 4.98 Å². The summed E-state index contributed by atoms with van der Waals surface area (Å²) in [5, 5.41) is 9.98. The third-order valence-electron chi connectivity index (χ3n) is 3.93. The van der Waals surface area contributed by atoms with Crippen LogP contribution in [-0.4, -0.2) is 37.5 Å². The summed E-state index contributed by atoms with van der Waals surface area (Å²) in [6.45, 7) is 0.862. The Kier molecular flexibility index (Phi) is 3.08. The summed E-state index contributed by atoms with van der Waals surface area (Å²) in [6, 6.07) is 3.71. The van der Waals surface area contributed by atoms with E-state index in [1.807, 2.05) is 11.0 Å². The van der Waals surface area contributed by atoms with Crippen LogP contribution in [0.15, 0.2) is 12.3 Å². The SMILES string of the molecule is N#CC1(CF)Cc2ncc(Cl)cc2N2CCOCC21. The first-order chi connectivity index (χ1) is 9.20. The Labute approximate surface area is 115 Å². The lowest BCUT2D eigenvalue weighted by Crippen LogP contribution is -2.59. The third-order valence-corrected chi connectivity index (χ3v) is 4.14. The summed E-state index contributed by atoms with van der Waals surface area (Å²) in [4.78, 5) is 6.29. The molecule has 0 spiro atoms. The second kappa shape index (κ2) is 4.62. The summed E-state index contributed by atoms with van der Waals surface area (Å²) in [5.41, 5.74) is 0.565. The quantitative estimate of drug-likeness (QED) is 0.790. The van der Waals surface area contributed by atoms with Gasteiger partial charge in [-0.1, -0.05) is 11.6 Å². The molecule has 0 amide bonds. The molecule has 0 bridgehead atoms. The highest BCUT2D eigenvalue weighted by Gasteiger charge is 2.49. The van der Waals surface area contributed by atoms with Gasteiger partial charge in [0.2, 0.25) is 0 Å². The van der Waals surface area contributed by atoms with Crippen molar-refractivity contribution in [2.24, 2.45) is 5.41 Å². The minimum atomic E-state index is -1.08. The minimum absolute atomic E-state index is 0.274. The molecule has 2 aliphatic rings. The Morgan fingerprint density at radius 1 is 1.68 bits per heavy atom. The predicted octanol–water partition coefficient (Wildman–Crippen LogP) is 1.98. The molecule has 6 heteroatoms. The van der Waals surface area contributed by atoms with Gasteiger partial charge in [-0.05, 0) is 6.07 Å². The van der Waals surface area contributed by atoms with Crippen LogP contribution in [0.1, 0.15) is 5.69 Å². The third kappa shape index (κ3) is 1.87. The minimum Gasteiger partial charge on any atom is -0.377 e. The van der Waals surface area contributed by atoms with Crippen LogP contribution in [-0.2, 0) is 11.2 Å². The Hall–Kier alpha value is -1.38. The first kappa shape index (κ1) is 12.6. The second-order valence-electron chi connectivity index (χ2n) is 4.98. The number of ether oxygens (including phenoxy) is 1. The zero-order chi connectivity index (χ0) is 13.5. The van der Waals surface area contributed by atoms with Crippen molar-refractivity contribution < 1.29 is 9.13 Å². The second-order valence-corrected chi connectivity index (χ2v) is 5.42. The van der Waals surface area contributed by atoms with Crippen molar-refractivity contribution in [2.75, 3.05) is 31.3 Å². The van der Waals surface area contributed by atoms with Gasteiger partial charge in [0.1, 0.15) is 12.1 Å². The summed E-state index contributed by atoms with van der Waals surface area (Å²) in [6.07, 6.45) is 1.85. The Morgan fingerprint density at radius 3 is 3.26 bits per heavy atom. The molecule has 1 aromatic heterocycles. The number of morpholine rings is 1. The molecule has 1 fully saturated rings. The number of nitriles is 1. The van der Waals surface area contributed by atoms with E-state index < -0.39 is 12.1 Å². The van der Waals surface area contributed by atoms with Gasteiger partial charge in [0.05, 0.1) is 41.7 Å². The fraction of sp³-hybridized carbons (Fsp3) is 0.538. The highest BCUT2D eigenvalue weighted by molar-refractivity contribution is 6.30. The topological polar surface area (TPSA) is 49.2 Å². The number of pyridine rings is 1. The molecule has 0 radical (unpaired) electrons. The highest BCUT2D eigenvalue weighted by Crippen LogP contribution is 2.42. The van der Waals surface area contributed by atoms with E-state index in [0.29, 0.717) is 31.2 Å². The van der Waals surface area contributed by atoms with Gasteiger partial charge in [-0.15, -0.1) is 0 Å². The highest BCUT2D eigenvalue weighted by atomic mass is 35.5. The monoisotopic (exact) mass is 281 g/mol. The molecule has 2 atom stereocenters.